The van der Waals surface area contributed by atoms with Crippen molar-refractivity contribution in [2.75, 3.05) is 24.7 Å². The first kappa shape index (κ1) is 20.9. The molecule has 2 atom stereocenters. The Bertz CT molecular complexity index is 918. The van der Waals surface area contributed by atoms with E-state index in [1.807, 2.05) is 42.5 Å². The van der Waals surface area contributed by atoms with Crippen molar-refractivity contribution < 1.29 is 24.0 Å². The second-order valence-corrected chi connectivity index (χ2v) is 7.88. The number of nitrogens with two attached hydrogens (primary N) is 1. The smallest absolute Gasteiger partial charge is 0.365 e. The van der Waals surface area contributed by atoms with Crippen LogP contribution < -0.4 is 16.0 Å². The Morgan fingerprint density at radius 1 is 1.14 bits per heavy atom. The lowest BCUT2D eigenvalue weighted by atomic mass is 9.94. The summed E-state index contributed by atoms with van der Waals surface area (Å²) in [6, 6.07) is 14.8. The molecule has 1 aliphatic rings. The lowest BCUT2D eigenvalue weighted by molar-refractivity contribution is -0.924. The SMILES string of the molecule is COC(=O)[C@@H]1Cc2ccccc2C[NH+]1CC(=O)Nc1ccccc1SCC(N)=O. The Balaban J connectivity index is 1.72. The predicted molar refractivity (Wildman–Crippen MR) is 110 cm³/mol. The molecular weight excluding hydrogens is 390 g/mol. The number of thioether (sulfide) groups is 1. The number of amides is 2. The van der Waals surface area contributed by atoms with Gasteiger partial charge in [-0.25, -0.2) is 4.79 Å². The average molecular weight is 415 g/mol. The number of quaternary nitrogens is 1. The third kappa shape index (κ3) is 5.36. The number of carbonyl (C=O) groups is 3. The number of esters is 1. The van der Waals surface area contributed by atoms with Crippen molar-refractivity contribution in [1.82, 2.24) is 0 Å². The molecule has 0 fully saturated rings. The van der Waals surface area contributed by atoms with Crippen molar-refractivity contribution in [3.8, 4) is 0 Å². The minimum atomic E-state index is -0.430. The number of para-hydroxylation sites is 1. The number of fused-ring (bicyclic) bond motifs is 1. The van der Waals surface area contributed by atoms with Crippen molar-refractivity contribution >= 4 is 35.2 Å². The Hall–Kier alpha value is -2.84. The van der Waals surface area contributed by atoms with Crippen LogP contribution in [0.25, 0.3) is 0 Å². The maximum absolute atomic E-state index is 12.8. The molecule has 1 aliphatic heterocycles. The van der Waals surface area contributed by atoms with Crippen molar-refractivity contribution in [3.63, 3.8) is 0 Å². The highest BCUT2D eigenvalue weighted by atomic mass is 32.2. The second kappa shape index (κ2) is 9.58. The van der Waals surface area contributed by atoms with Crippen LogP contribution >= 0.6 is 11.8 Å². The first-order valence-electron chi connectivity index (χ1n) is 9.27. The van der Waals surface area contributed by atoms with Gasteiger partial charge in [0.05, 0.1) is 18.6 Å². The van der Waals surface area contributed by atoms with Gasteiger partial charge < -0.3 is 20.7 Å². The number of methoxy groups -OCH3 is 1. The maximum Gasteiger partial charge on any atom is 0.365 e. The van der Waals surface area contributed by atoms with Gasteiger partial charge in [-0.15, -0.1) is 11.8 Å². The van der Waals surface area contributed by atoms with E-state index in [4.69, 9.17) is 10.5 Å². The molecule has 2 aromatic rings. The van der Waals surface area contributed by atoms with Crippen molar-refractivity contribution in [3.05, 3.63) is 59.7 Å². The number of benzene rings is 2. The van der Waals surface area contributed by atoms with Gasteiger partial charge in [-0.3, -0.25) is 9.59 Å². The minimum absolute atomic E-state index is 0.128. The van der Waals surface area contributed by atoms with Crippen molar-refractivity contribution in [2.45, 2.75) is 23.9 Å². The molecule has 1 heterocycles. The minimum Gasteiger partial charge on any atom is -0.465 e. The predicted octanol–water partition coefficient (Wildman–Crippen LogP) is 0.385. The van der Waals surface area contributed by atoms with Crippen molar-refractivity contribution in [2.24, 2.45) is 5.73 Å². The molecule has 29 heavy (non-hydrogen) atoms. The molecule has 152 valence electrons. The molecule has 3 rings (SSSR count). The highest BCUT2D eigenvalue weighted by molar-refractivity contribution is 8.00. The number of anilines is 1. The lowest BCUT2D eigenvalue weighted by Crippen LogP contribution is -3.17. The second-order valence-electron chi connectivity index (χ2n) is 6.86. The molecule has 0 radical (unpaired) electrons. The van der Waals surface area contributed by atoms with Crippen LogP contribution in [-0.4, -0.2) is 43.2 Å². The molecule has 0 saturated heterocycles. The maximum atomic E-state index is 12.8. The molecule has 0 spiro atoms. The third-order valence-corrected chi connectivity index (χ3v) is 5.95. The van der Waals surface area contributed by atoms with E-state index >= 15 is 0 Å². The van der Waals surface area contributed by atoms with Gasteiger partial charge in [0.15, 0.2) is 12.6 Å². The van der Waals surface area contributed by atoms with Gasteiger partial charge in [0.1, 0.15) is 6.54 Å². The number of carbonyl (C=O) groups excluding carboxylic acids is 3. The van der Waals surface area contributed by atoms with Crippen LogP contribution in [0, 0.1) is 0 Å². The molecule has 0 aliphatic carbocycles. The zero-order valence-corrected chi connectivity index (χ0v) is 17.0. The zero-order chi connectivity index (χ0) is 20.8. The van der Waals surface area contributed by atoms with Crippen LogP contribution in [0.4, 0.5) is 5.69 Å². The summed E-state index contributed by atoms with van der Waals surface area (Å²) in [7, 11) is 1.37. The van der Waals surface area contributed by atoms with Crippen LogP contribution in [0.15, 0.2) is 53.4 Å². The molecule has 7 nitrogen and oxygen atoms in total. The fraction of sp³-hybridized carbons (Fsp3) is 0.286. The van der Waals surface area contributed by atoms with Crippen LogP contribution in [0.3, 0.4) is 0 Å². The highest BCUT2D eigenvalue weighted by Gasteiger charge is 2.37. The summed E-state index contributed by atoms with van der Waals surface area (Å²) in [4.78, 5) is 37.7. The fourth-order valence-corrected chi connectivity index (χ4v) is 4.23. The average Bonchev–Trinajstić information content (AvgIpc) is 2.72. The molecule has 8 heteroatoms. The molecule has 0 aromatic heterocycles. The van der Waals surface area contributed by atoms with E-state index in [-0.39, 0.29) is 24.2 Å². The van der Waals surface area contributed by atoms with Gasteiger partial charge in [0.25, 0.3) is 5.91 Å². The van der Waals surface area contributed by atoms with Crippen LogP contribution in [-0.2, 0) is 32.1 Å². The number of nitrogens with one attached hydrogen (secondary N) is 2. The standard InChI is InChI=1S/C21H23N3O4S/c1-28-21(27)17-10-14-6-2-3-7-15(14)11-24(17)12-20(26)23-16-8-4-5-9-18(16)29-13-19(22)25/h2-9,17H,10-13H2,1H3,(H2,22,25)(H,23,26)/p+1/t17-/m0/s1. The van der Waals surface area contributed by atoms with E-state index in [0.717, 1.165) is 20.9 Å². The van der Waals surface area contributed by atoms with Crippen molar-refractivity contribution in [1.29, 1.82) is 0 Å². The summed E-state index contributed by atoms with van der Waals surface area (Å²) in [6.45, 7) is 0.699. The number of ether oxygens (including phenoxy) is 1. The monoisotopic (exact) mass is 414 g/mol. The van der Waals surface area contributed by atoms with Gasteiger partial charge in [-0.05, 0) is 17.7 Å². The lowest BCUT2D eigenvalue weighted by Gasteiger charge is -2.31. The van der Waals surface area contributed by atoms with Gasteiger partial charge in [0, 0.05) is 16.9 Å². The Kier molecular flexibility index (Phi) is 6.90. The summed E-state index contributed by atoms with van der Waals surface area (Å²) >= 11 is 1.27. The summed E-state index contributed by atoms with van der Waals surface area (Å²) in [6.07, 6.45) is 0.538. The molecule has 4 N–H and O–H groups in total. The topological polar surface area (TPSA) is 103 Å². The Labute approximate surface area is 173 Å². The number of primary amides is 1. The molecule has 2 aromatic carbocycles. The molecule has 2 amide bonds. The summed E-state index contributed by atoms with van der Waals surface area (Å²) in [5.41, 5.74) is 8.08. The van der Waals surface area contributed by atoms with E-state index in [1.165, 1.54) is 18.9 Å². The Morgan fingerprint density at radius 3 is 2.55 bits per heavy atom. The van der Waals surface area contributed by atoms with Crippen LogP contribution in [0.2, 0.25) is 0 Å². The van der Waals surface area contributed by atoms with Gasteiger partial charge in [0.2, 0.25) is 5.91 Å². The molecular formula is C21H24N3O4S+. The largest absolute Gasteiger partial charge is 0.465 e. The summed E-state index contributed by atoms with van der Waals surface area (Å²) in [5.74, 6) is -0.820. The fourth-order valence-electron chi connectivity index (χ4n) is 3.48. The van der Waals surface area contributed by atoms with E-state index in [1.54, 1.807) is 6.07 Å². The summed E-state index contributed by atoms with van der Waals surface area (Å²) in [5, 5.41) is 2.90. The van der Waals surface area contributed by atoms with Gasteiger partial charge in [-0.2, -0.15) is 0 Å². The number of hydrogen-bond acceptors (Lipinski definition) is 5. The summed E-state index contributed by atoms with van der Waals surface area (Å²) < 4.78 is 4.97. The molecule has 0 bridgehead atoms. The first-order chi connectivity index (χ1) is 14.0. The van der Waals surface area contributed by atoms with Crippen LogP contribution in [0.1, 0.15) is 11.1 Å². The van der Waals surface area contributed by atoms with E-state index < -0.39 is 11.9 Å². The molecule has 0 saturated carbocycles. The first-order valence-corrected chi connectivity index (χ1v) is 10.3. The zero-order valence-electron chi connectivity index (χ0n) is 16.1. The normalized spacial score (nSPS) is 17.8. The quantitative estimate of drug-likeness (QED) is 0.449. The van der Waals surface area contributed by atoms with Gasteiger partial charge in [-0.1, -0.05) is 36.4 Å². The highest BCUT2D eigenvalue weighted by Crippen LogP contribution is 2.26. The van der Waals surface area contributed by atoms with Gasteiger partial charge >= 0.3 is 5.97 Å². The molecule has 1 unspecified atom stereocenters. The Morgan fingerprint density at radius 2 is 1.83 bits per heavy atom. The van der Waals surface area contributed by atoms with E-state index in [2.05, 4.69) is 5.32 Å². The number of hydrogen-bond donors (Lipinski definition) is 3. The van der Waals surface area contributed by atoms with E-state index in [9.17, 15) is 14.4 Å². The van der Waals surface area contributed by atoms with Crippen LogP contribution in [0.5, 0.6) is 0 Å². The van der Waals surface area contributed by atoms with E-state index in [0.29, 0.717) is 18.7 Å². The number of rotatable bonds is 7. The third-order valence-electron chi connectivity index (χ3n) is 4.86.